The van der Waals surface area contributed by atoms with Crippen LogP contribution in [0.2, 0.25) is 0 Å². The zero-order valence-electron chi connectivity index (χ0n) is 8.58. The summed E-state index contributed by atoms with van der Waals surface area (Å²) in [7, 11) is 0. The molecule has 0 saturated heterocycles. The molecule has 0 aromatic carbocycles. The molecule has 0 bridgehead atoms. The van der Waals surface area contributed by atoms with E-state index in [2.05, 4.69) is 15.3 Å². The van der Waals surface area contributed by atoms with Gasteiger partial charge in [0.2, 0.25) is 5.91 Å². The van der Waals surface area contributed by atoms with Gasteiger partial charge in [-0.05, 0) is 6.26 Å². The molecule has 0 unspecified atom stereocenters. The fourth-order valence-corrected chi connectivity index (χ4v) is 2.41. The fourth-order valence-electron chi connectivity index (χ4n) is 1.12. The first kappa shape index (κ1) is 11.2. The number of nitrogens with one attached hydrogen (secondary N) is 1. The van der Waals surface area contributed by atoms with Crippen molar-refractivity contribution in [1.82, 2.24) is 14.5 Å². The van der Waals surface area contributed by atoms with E-state index in [0.717, 1.165) is 4.21 Å². The molecule has 84 valence electrons. The Balaban J connectivity index is 1.92. The summed E-state index contributed by atoms with van der Waals surface area (Å²) < 4.78 is 2.79. The second-order valence-electron chi connectivity index (χ2n) is 2.97. The number of thioether (sulfide) groups is 1. The zero-order valence-corrected chi connectivity index (χ0v) is 10.2. The van der Waals surface area contributed by atoms with Gasteiger partial charge >= 0.3 is 0 Å². The van der Waals surface area contributed by atoms with Gasteiger partial charge in [0.15, 0.2) is 5.13 Å². The monoisotopic (exact) mass is 254 g/mol. The summed E-state index contributed by atoms with van der Waals surface area (Å²) in [4.78, 5) is 19.5. The van der Waals surface area contributed by atoms with Crippen LogP contribution in [-0.4, -0.2) is 26.7 Å². The van der Waals surface area contributed by atoms with E-state index in [9.17, 15) is 4.79 Å². The normalized spacial score (nSPS) is 10.3. The van der Waals surface area contributed by atoms with Gasteiger partial charge in [0.1, 0.15) is 6.54 Å². The second-order valence-corrected chi connectivity index (χ2v) is 5.11. The quantitative estimate of drug-likeness (QED) is 0.844. The molecule has 0 aliphatic heterocycles. The first-order chi connectivity index (χ1) is 7.78. The Morgan fingerprint density at radius 3 is 3.19 bits per heavy atom. The van der Waals surface area contributed by atoms with Crippen LogP contribution in [0.25, 0.3) is 0 Å². The van der Waals surface area contributed by atoms with E-state index in [1.807, 2.05) is 6.26 Å². The Morgan fingerprint density at radius 2 is 2.56 bits per heavy atom. The standard InChI is InChI=1S/C9H10N4OS2/c1-15-8-4-11-9(16-8)12-7(14)5-13-3-2-10-6-13/h2-4,6H,5H2,1H3,(H,11,12,14). The Hall–Kier alpha value is -1.34. The van der Waals surface area contributed by atoms with Gasteiger partial charge in [-0.25, -0.2) is 9.97 Å². The van der Waals surface area contributed by atoms with E-state index in [-0.39, 0.29) is 12.5 Å². The molecule has 0 aliphatic carbocycles. The summed E-state index contributed by atoms with van der Waals surface area (Å²) in [6.07, 6.45) is 8.72. The predicted octanol–water partition coefficient (Wildman–Crippen LogP) is 1.70. The third kappa shape index (κ3) is 2.83. The van der Waals surface area contributed by atoms with Crippen molar-refractivity contribution in [3.63, 3.8) is 0 Å². The number of carbonyl (C=O) groups is 1. The molecule has 1 amide bonds. The summed E-state index contributed by atoms with van der Waals surface area (Å²) in [5.41, 5.74) is 0. The average Bonchev–Trinajstić information content (AvgIpc) is 2.89. The number of amides is 1. The van der Waals surface area contributed by atoms with Crippen molar-refractivity contribution in [3.8, 4) is 0 Å². The molecule has 0 aliphatic rings. The third-order valence-electron chi connectivity index (χ3n) is 1.82. The van der Waals surface area contributed by atoms with Crippen molar-refractivity contribution < 1.29 is 4.79 Å². The smallest absolute Gasteiger partial charge is 0.246 e. The van der Waals surface area contributed by atoms with Crippen molar-refractivity contribution in [3.05, 3.63) is 24.9 Å². The van der Waals surface area contributed by atoms with E-state index in [0.29, 0.717) is 5.13 Å². The molecular weight excluding hydrogens is 244 g/mol. The van der Waals surface area contributed by atoms with Crippen LogP contribution in [0.1, 0.15) is 0 Å². The van der Waals surface area contributed by atoms with Crippen LogP contribution in [-0.2, 0) is 11.3 Å². The molecule has 16 heavy (non-hydrogen) atoms. The highest BCUT2D eigenvalue weighted by Crippen LogP contribution is 2.25. The van der Waals surface area contributed by atoms with Gasteiger partial charge in [0.05, 0.1) is 16.7 Å². The molecule has 2 aromatic rings. The van der Waals surface area contributed by atoms with Crippen LogP contribution in [0.15, 0.2) is 29.1 Å². The lowest BCUT2D eigenvalue weighted by molar-refractivity contribution is -0.116. The van der Waals surface area contributed by atoms with E-state index >= 15 is 0 Å². The molecular formula is C9H10N4OS2. The second kappa shape index (κ2) is 5.13. The summed E-state index contributed by atoms with van der Waals surface area (Å²) in [6.45, 7) is 0.258. The number of hydrogen-bond acceptors (Lipinski definition) is 5. The molecule has 0 atom stereocenters. The summed E-state index contributed by atoms with van der Waals surface area (Å²) in [6, 6.07) is 0. The van der Waals surface area contributed by atoms with Crippen molar-refractivity contribution in [2.75, 3.05) is 11.6 Å². The minimum atomic E-state index is -0.0972. The maximum Gasteiger partial charge on any atom is 0.246 e. The number of aromatic nitrogens is 3. The Kier molecular flexibility index (Phi) is 3.58. The first-order valence-electron chi connectivity index (χ1n) is 4.53. The average molecular weight is 254 g/mol. The molecule has 0 spiro atoms. The van der Waals surface area contributed by atoms with Crippen molar-refractivity contribution in [1.29, 1.82) is 0 Å². The van der Waals surface area contributed by atoms with Crippen molar-refractivity contribution in [2.45, 2.75) is 10.8 Å². The molecule has 1 N–H and O–H groups in total. The van der Waals surface area contributed by atoms with Crippen LogP contribution in [0.5, 0.6) is 0 Å². The van der Waals surface area contributed by atoms with Crippen LogP contribution < -0.4 is 5.32 Å². The molecule has 2 rings (SSSR count). The summed E-state index contributed by atoms with van der Waals surface area (Å²) >= 11 is 3.08. The zero-order chi connectivity index (χ0) is 11.4. The molecule has 7 heteroatoms. The number of hydrogen-bond donors (Lipinski definition) is 1. The van der Waals surface area contributed by atoms with Gasteiger partial charge in [-0.15, -0.1) is 11.8 Å². The highest BCUT2D eigenvalue weighted by Gasteiger charge is 2.06. The van der Waals surface area contributed by atoms with Crippen LogP contribution in [0.3, 0.4) is 0 Å². The van der Waals surface area contributed by atoms with Crippen LogP contribution in [0.4, 0.5) is 5.13 Å². The van der Waals surface area contributed by atoms with Gasteiger partial charge in [-0.2, -0.15) is 0 Å². The van der Waals surface area contributed by atoms with Crippen LogP contribution in [0, 0.1) is 0 Å². The number of nitrogens with zero attached hydrogens (tertiary/aromatic N) is 3. The number of carbonyl (C=O) groups excluding carboxylic acids is 1. The fraction of sp³-hybridized carbons (Fsp3) is 0.222. The molecule has 0 fully saturated rings. The lowest BCUT2D eigenvalue weighted by atomic mass is 10.6. The van der Waals surface area contributed by atoms with Gasteiger partial charge < -0.3 is 9.88 Å². The Labute approximate surface area is 101 Å². The number of imidazole rings is 1. The van der Waals surface area contributed by atoms with E-state index in [1.165, 1.54) is 11.3 Å². The topological polar surface area (TPSA) is 59.8 Å². The summed E-state index contributed by atoms with van der Waals surface area (Å²) in [5.74, 6) is -0.0972. The lowest BCUT2D eigenvalue weighted by Gasteiger charge is -2.01. The van der Waals surface area contributed by atoms with Gasteiger partial charge in [0, 0.05) is 12.4 Å². The SMILES string of the molecule is CSc1cnc(NC(=O)Cn2ccnc2)s1. The largest absolute Gasteiger partial charge is 0.328 e. The van der Waals surface area contributed by atoms with Gasteiger partial charge in [-0.1, -0.05) is 11.3 Å². The molecule has 0 radical (unpaired) electrons. The predicted molar refractivity (Wildman–Crippen MR) is 64.8 cm³/mol. The summed E-state index contributed by atoms with van der Waals surface area (Å²) in [5, 5.41) is 3.38. The lowest BCUT2D eigenvalue weighted by Crippen LogP contribution is -2.17. The minimum absolute atomic E-state index is 0.0972. The molecule has 2 heterocycles. The highest BCUT2D eigenvalue weighted by molar-refractivity contribution is 8.00. The Bertz CT molecular complexity index is 466. The maximum absolute atomic E-state index is 11.6. The molecule has 5 nitrogen and oxygen atoms in total. The maximum atomic E-state index is 11.6. The first-order valence-corrected chi connectivity index (χ1v) is 6.57. The number of rotatable bonds is 4. The van der Waals surface area contributed by atoms with Crippen LogP contribution >= 0.6 is 23.1 Å². The Morgan fingerprint density at radius 1 is 1.69 bits per heavy atom. The molecule has 2 aromatic heterocycles. The van der Waals surface area contributed by atoms with Gasteiger partial charge in [-0.3, -0.25) is 4.79 Å². The number of anilines is 1. The van der Waals surface area contributed by atoms with Crippen molar-refractivity contribution >= 4 is 34.1 Å². The highest BCUT2D eigenvalue weighted by atomic mass is 32.2. The third-order valence-corrected chi connectivity index (χ3v) is 3.78. The molecule has 0 saturated carbocycles. The van der Waals surface area contributed by atoms with Crippen molar-refractivity contribution in [2.24, 2.45) is 0 Å². The minimum Gasteiger partial charge on any atom is -0.328 e. The van der Waals surface area contributed by atoms with E-state index in [4.69, 9.17) is 0 Å². The van der Waals surface area contributed by atoms with E-state index in [1.54, 1.807) is 41.2 Å². The van der Waals surface area contributed by atoms with Gasteiger partial charge in [0.25, 0.3) is 0 Å². The van der Waals surface area contributed by atoms with E-state index < -0.39 is 0 Å². The number of thiazole rings is 1.